The third-order valence-electron chi connectivity index (χ3n) is 3.97. The van der Waals surface area contributed by atoms with E-state index in [2.05, 4.69) is 10.3 Å². The minimum atomic E-state index is -0.213. The molecule has 24 heavy (non-hydrogen) atoms. The summed E-state index contributed by atoms with van der Waals surface area (Å²) in [7, 11) is 1.61. The average Bonchev–Trinajstić information content (AvgIpc) is 2.58. The summed E-state index contributed by atoms with van der Waals surface area (Å²) in [5.41, 5.74) is 3.54. The number of carbonyl (C=O) groups is 1. The highest BCUT2D eigenvalue weighted by Crippen LogP contribution is 2.25. The second-order valence-electron chi connectivity index (χ2n) is 5.55. The summed E-state index contributed by atoms with van der Waals surface area (Å²) in [6.45, 7) is 3.69. The summed E-state index contributed by atoms with van der Waals surface area (Å²) >= 11 is 6.11. The van der Waals surface area contributed by atoms with E-state index in [1.807, 2.05) is 44.2 Å². The van der Waals surface area contributed by atoms with Gasteiger partial charge in [-0.1, -0.05) is 17.7 Å². The topological polar surface area (TPSA) is 51.2 Å². The molecule has 0 bridgehead atoms. The van der Waals surface area contributed by atoms with Crippen LogP contribution in [0.3, 0.4) is 0 Å². The predicted molar refractivity (Wildman–Crippen MR) is 97.2 cm³/mol. The van der Waals surface area contributed by atoms with Crippen LogP contribution in [-0.2, 0) is 0 Å². The number of pyridine rings is 1. The van der Waals surface area contributed by atoms with E-state index in [0.29, 0.717) is 22.0 Å². The van der Waals surface area contributed by atoms with Crippen molar-refractivity contribution in [2.75, 3.05) is 12.4 Å². The maximum Gasteiger partial charge on any atom is 0.257 e. The molecule has 0 atom stereocenters. The van der Waals surface area contributed by atoms with Gasteiger partial charge < -0.3 is 10.1 Å². The minimum absolute atomic E-state index is 0.213. The van der Waals surface area contributed by atoms with Crippen LogP contribution in [0, 0.1) is 13.8 Å². The Morgan fingerprint density at radius 3 is 2.71 bits per heavy atom. The summed E-state index contributed by atoms with van der Waals surface area (Å²) in [4.78, 5) is 17.2. The molecule has 0 aliphatic heterocycles. The molecule has 0 saturated heterocycles. The van der Waals surface area contributed by atoms with Gasteiger partial charge in [-0.2, -0.15) is 0 Å². The third kappa shape index (κ3) is 3.05. The van der Waals surface area contributed by atoms with E-state index in [4.69, 9.17) is 16.3 Å². The number of aryl methyl sites for hydroxylation is 1. The predicted octanol–water partition coefficient (Wildman–Crippen LogP) is 4.77. The molecule has 0 spiro atoms. The molecule has 3 rings (SSSR count). The summed E-state index contributed by atoms with van der Waals surface area (Å²) in [5.74, 6) is 0.514. The fraction of sp³-hybridized carbons (Fsp3) is 0.158. The normalized spacial score (nSPS) is 10.7. The molecule has 4 nitrogen and oxygen atoms in total. The van der Waals surface area contributed by atoms with Crippen LogP contribution in [0.25, 0.3) is 10.9 Å². The van der Waals surface area contributed by atoms with E-state index in [9.17, 15) is 4.79 Å². The molecule has 0 fully saturated rings. The minimum Gasteiger partial charge on any atom is -0.497 e. The van der Waals surface area contributed by atoms with E-state index in [1.54, 1.807) is 19.2 Å². The number of carbonyl (C=O) groups excluding carboxylic acids is 1. The van der Waals surface area contributed by atoms with Crippen molar-refractivity contribution in [3.63, 3.8) is 0 Å². The van der Waals surface area contributed by atoms with Gasteiger partial charge in [0.05, 0.1) is 23.9 Å². The smallest absolute Gasteiger partial charge is 0.257 e. The van der Waals surface area contributed by atoms with Gasteiger partial charge in [-0.05, 0) is 55.8 Å². The van der Waals surface area contributed by atoms with E-state index in [-0.39, 0.29) is 5.91 Å². The lowest BCUT2D eigenvalue weighted by Crippen LogP contribution is -2.15. The molecule has 1 heterocycles. The zero-order chi connectivity index (χ0) is 17.3. The number of aromatic nitrogens is 1. The number of rotatable bonds is 3. The van der Waals surface area contributed by atoms with Crippen LogP contribution in [0.5, 0.6) is 5.75 Å². The van der Waals surface area contributed by atoms with Crippen molar-refractivity contribution in [3.8, 4) is 5.75 Å². The SMILES string of the molecule is COc1ccc2nc(C)c(C(=O)Nc3cccc(Cl)c3C)cc2c1. The van der Waals surface area contributed by atoms with Gasteiger partial charge in [0, 0.05) is 16.1 Å². The zero-order valence-electron chi connectivity index (χ0n) is 13.7. The summed E-state index contributed by atoms with van der Waals surface area (Å²) in [6.07, 6.45) is 0. The highest BCUT2D eigenvalue weighted by Gasteiger charge is 2.14. The summed E-state index contributed by atoms with van der Waals surface area (Å²) < 4.78 is 5.23. The molecule has 1 N–H and O–H groups in total. The van der Waals surface area contributed by atoms with Crippen molar-refractivity contribution >= 4 is 34.1 Å². The number of methoxy groups -OCH3 is 1. The first-order valence-corrected chi connectivity index (χ1v) is 7.89. The van der Waals surface area contributed by atoms with Crippen molar-refractivity contribution in [3.05, 3.63) is 64.3 Å². The molecule has 3 aromatic rings. The molecule has 0 aliphatic carbocycles. The molecule has 0 aliphatic rings. The lowest BCUT2D eigenvalue weighted by atomic mass is 10.1. The van der Waals surface area contributed by atoms with Crippen LogP contribution >= 0.6 is 11.6 Å². The van der Waals surface area contributed by atoms with Crippen LogP contribution in [0.4, 0.5) is 5.69 Å². The first-order chi connectivity index (χ1) is 11.5. The number of nitrogens with one attached hydrogen (secondary N) is 1. The molecular weight excluding hydrogens is 324 g/mol. The molecule has 0 unspecified atom stereocenters. The molecule has 0 radical (unpaired) electrons. The fourth-order valence-electron chi connectivity index (χ4n) is 2.54. The Morgan fingerprint density at radius 2 is 1.96 bits per heavy atom. The van der Waals surface area contributed by atoms with E-state index >= 15 is 0 Å². The van der Waals surface area contributed by atoms with Gasteiger partial charge in [-0.3, -0.25) is 9.78 Å². The fourth-order valence-corrected chi connectivity index (χ4v) is 2.71. The molecule has 122 valence electrons. The zero-order valence-corrected chi connectivity index (χ0v) is 14.4. The average molecular weight is 341 g/mol. The lowest BCUT2D eigenvalue weighted by molar-refractivity contribution is 0.102. The second kappa shape index (κ2) is 6.49. The van der Waals surface area contributed by atoms with Crippen molar-refractivity contribution in [1.29, 1.82) is 0 Å². The first kappa shape index (κ1) is 16.3. The van der Waals surface area contributed by atoms with Gasteiger partial charge in [0.25, 0.3) is 5.91 Å². The van der Waals surface area contributed by atoms with Crippen molar-refractivity contribution in [1.82, 2.24) is 4.98 Å². The second-order valence-corrected chi connectivity index (χ2v) is 5.95. The van der Waals surface area contributed by atoms with Crippen molar-refractivity contribution in [2.24, 2.45) is 0 Å². The number of nitrogens with zero attached hydrogens (tertiary/aromatic N) is 1. The van der Waals surface area contributed by atoms with Crippen LogP contribution in [0.1, 0.15) is 21.6 Å². The maximum absolute atomic E-state index is 12.7. The number of halogens is 1. The first-order valence-electron chi connectivity index (χ1n) is 7.51. The Labute approximate surface area is 145 Å². The number of amides is 1. The molecule has 5 heteroatoms. The molecular formula is C19H17ClN2O2. The summed E-state index contributed by atoms with van der Waals surface area (Å²) in [5, 5.41) is 4.38. The monoisotopic (exact) mass is 340 g/mol. The van der Waals surface area contributed by atoms with Gasteiger partial charge in [0.2, 0.25) is 0 Å². The molecule has 2 aromatic carbocycles. The number of hydrogen-bond donors (Lipinski definition) is 1. The van der Waals surface area contributed by atoms with E-state index < -0.39 is 0 Å². The van der Waals surface area contributed by atoms with Crippen LogP contribution in [0.2, 0.25) is 5.02 Å². The Morgan fingerprint density at radius 1 is 1.17 bits per heavy atom. The van der Waals surface area contributed by atoms with Crippen molar-refractivity contribution < 1.29 is 9.53 Å². The lowest BCUT2D eigenvalue weighted by Gasteiger charge is -2.12. The number of fused-ring (bicyclic) bond motifs is 1. The Bertz CT molecular complexity index is 938. The van der Waals surface area contributed by atoms with Gasteiger partial charge in [-0.25, -0.2) is 0 Å². The van der Waals surface area contributed by atoms with E-state index in [1.165, 1.54) is 0 Å². The number of hydrogen-bond acceptors (Lipinski definition) is 3. The van der Waals surface area contributed by atoms with Crippen LogP contribution in [0.15, 0.2) is 42.5 Å². The number of benzene rings is 2. The quantitative estimate of drug-likeness (QED) is 0.747. The van der Waals surface area contributed by atoms with E-state index in [0.717, 1.165) is 22.2 Å². The van der Waals surface area contributed by atoms with Gasteiger partial charge in [0.1, 0.15) is 5.75 Å². The summed E-state index contributed by atoms with van der Waals surface area (Å²) in [6, 6.07) is 12.8. The highest BCUT2D eigenvalue weighted by atomic mass is 35.5. The van der Waals surface area contributed by atoms with Gasteiger partial charge in [0.15, 0.2) is 0 Å². The standard InChI is InChI=1S/C19H17ClN2O2/c1-11-16(20)5-4-6-17(11)22-19(23)15-10-13-9-14(24-3)7-8-18(13)21-12(15)2/h4-10H,1-3H3,(H,22,23). The number of ether oxygens (including phenoxy) is 1. The number of anilines is 1. The van der Waals surface area contributed by atoms with Crippen molar-refractivity contribution in [2.45, 2.75) is 13.8 Å². The van der Waals surface area contributed by atoms with Gasteiger partial charge in [-0.15, -0.1) is 0 Å². The Kier molecular flexibility index (Phi) is 4.40. The molecule has 1 aromatic heterocycles. The molecule has 1 amide bonds. The van der Waals surface area contributed by atoms with Crippen LogP contribution in [-0.4, -0.2) is 18.0 Å². The maximum atomic E-state index is 12.7. The molecule has 0 saturated carbocycles. The largest absolute Gasteiger partial charge is 0.497 e. The van der Waals surface area contributed by atoms with Gasteiger partial charge >= 0.3 is 0 Å². The Hall–Kier alpha value is -2.59. The Balaban J connectivity index is 1.99. The van der Waals surface area contributed by atoms with Crippen LogP contribution < -0.4 is 10.1 Å². The highest BCUT2D eigenvalue weighted by molar-refractivity contribution is 6.31. The third-order valence-corrected chi connectivity index (χ3v) is 4.38.